The summed E-state index contributed by atoms with van der Waals surface area (Å²) in [6.07, 6.45) is 4.35. The van der Waals surface area contributed by atoms with Crippen LogP contribution in [0.5, 0.6) is 11.5 Å². The Morgan fingerprint density at radius 1 is 0.689 bits per heavy atom. The van der Waals surface area contributed by atoms with Gasteiger partial charge in [0.2, 0.25) is 0 Å². The lowest BCUT2D eigenvalue weighted by atomic mass is 9.67. The maximum absolute atomic E-state index is 11.4. The molecular formula is C38H33NO6. The molecule has 0 aliphatic heterocycles. The molecule has 0 unspecified atom stereocenters. The van der Waals surface area contributed by atoms with E-state index in [1.807, 2.05) is 24.3 Å². The summed E-state index contributed by atoms with van der Waals surface area (Å²) in [5, 5.41) is 1.16. The van der Waals surface area contributed by atoms with Crippen molar-refractivity contribution in [2.45, 2.75) is 5.41 Å². The average molecular weight is 600 g/mol. The van der Waals surface area contributed by atoms with Gasteiger partial charge in [-0.05, 0) is 81.2 Å². The van der Waals surface area contributed by atoms with E-state index in [0.717, 1.165) is 28.7 Å². The molecule has 5 aromatic rings. The predicted molar refractivity (Wildman–Crippen MR) is 174 cm³/mol. The van der Waals surface area contributed by atoms with Crippen LogP contribution in [0.15, 0.2) is 123 Å². The van der Waals surface area contributed by atoms with Gasteiger partial charge in [-0.1, -0.05) is 61.7 Å². The number of ether oxygens (including phenoxy) is 4. The minimum Gasteiger partial charge on any atom is -0.490 e. The summed E-state index contributed by atoms with van der Waals surface area (Å²) in [5.41, 5.74) is 7.46. The minimum absolute atomic E-state index is 0.134. The van der Waals surface area contributed by atoms with Gasteiger partial charge in [0.25, 0.3) is 0 Å². The van der Waals surface area contributed by atoms with Gasteiger partial charge in [-0.3, -0.25) is 0 Å². The monoisotopic (exact) mass is 599 g/mol. The molecule has 0 spiro atoms. The number of rotatable bonds is 12. The number of nitrogens with zero attached hydrogens (tertiary/aromatic N) is 1. The highest BCUT2D eigenvalue weighted by Gasteiger charge is 2.46. The molecule has 0 saturated carbocycles. The third kappa shape index (κ3) is 5.49. The predicted octanol–water partition coefficient (Wildman–Crippen LogP) is 6.76. The van der Waals surface area contributed by atoms with Gasteiger partial charge in [0.15, 0.2) is 0 Å². The highest BCUT2D eigenvalue weighted by molar-refractivity contribution is 5.95. The van der Waals surface area contributed by atoms with Crippen molar-refractivity contribution in [2.24, 2.45) is 7.05 Å². The summed E-state index contributed by atoms with van der Waals surface area (Å²) < 4.78 is 24.0. The third-order valence-corrected chi connectivity index (χ3v) is 8.15. The highest BCUT2D eigenvalue weighted by Crippen LogP contribution is 2.57. The van der Waals surface area contributed by atoms with E-state index in [4.69, 9.17) is 18.9 Å². The summed E-state index contributed by atoms with van der Waals surface area (Å²) in [6, 6.07) is 31.5. The van der Waals surface area contributed by atoms with Crippen molar-refractivity contribution in [3.8, 4) is 22.6 Å². The molecule has 1 heterocycles. The summed E-state index contributed by atoms with van der Waals surface area (Å²) in [7, 11) is 2.07. The fourth-order valence-electron chi connectivity index (χ4n) is 6.15. The topological polar surface area (TPSA) is 76.0 Å². The minimum atomic E-state index is -0.619. The molecule has 0 bridgehead atoms. The molecule has 0 amide bonds. The second-order valence-corrected chi connectivity index (χ2v) is 10.7. The van der Waals surface area contributed by atoms with E-state index in [1.54, 1.807) is 0 Å². The van der Waals surface area contributed by atoms with Crippen molar-refractivity contribution >= 4 is 22.8 Å². The van der Waals surface area contributed by atoms with E-state index < -0.39 is 17.4 Å². The van der Waals surface area contributed by atoms with E-state index in [9.17, 15) is 9.59 Å². The number of esters is 2. The average Bonchev–Trinajstić information content (AvgIpc) is 3.59. The first kappa shape index (κ1) is 29.5. The Labute approximate surface area is 261 Å². The smallest absolute Gasteiger partial charge is 0.330 e. The number of fused-ring (bicyclic) bond motifs is 4. The maximum atomic E-state index is 11.4. The quantitative estimate of drug-likeness (QED) is 0.0880. The molecule has 1 aliphatic carbocycles. The van der Waals surface area contributed by atoms with Crippen LogP contribution in [0.2, 0.25) is 0 Å². The van der Waals surface area contributed by atoms with Gasteiger partial charge < -0.3 is 23.5 Å². The first-order valence-corrected chi connectivity index (χ1v) is 14.7. The lowest BCUT2D eigenvalue weighted by Crippen LogP contribution is -2.28. The van der Waals surface area contributed by atoms with Crippen LogP contribution in [-0.4, -0.2) is 42.9 Å². The van der Waals surface area contributed by atoms with E-state index in [0.29, 0.717) is 11.5 Å². The van der Waals surface area contributed by atoms with Crippen LogP contribution in [0.4, 0.5) is 0 Å². The zero-order valence-electron chi connectivity index (χ0n) is 25.0. The lowest BCUT2D eigenvalue weighted by Gasteiger charge is -2.34. The van der Waals surface area contributed by atoms with Gasteiger partial charge >= 0.3 is 11.9 Å². The third-order valence-electron chi connectivity index (χ3n) is 8.15. The number of aryl methyl sites for hydroxylation is 1. The van der Waals surface area contributed by atoms with Crippen molar-refractivity contribution in [3.63, 3.8) is 0 Å². The van der Waals surface area contributed by atoms with Gasteiger partial charge in [0, 0.05) is 30.9 Å². The second kappa shape index (κ2) is 12.6. The van der Waals surface area contributed by atoms with Crippen molar-refractivity contribution < 1.29 is 28.5 Å². The maximum Gasteiger partial charge on any atom is 0.330 e. The highest BCUT2D eigenvalue weighted by atomic mass is 16.6. The lowest BCUT2D eigenvalue weighted by molar-refractivity contribution is -0.139. The molecule has 6 rings (SSSR count). The van der Waals surface area contributed by atoms with Gasteiger partial charge in [0.1, 0.15) is 37.9 Å². The number of carbonyl (C=O) groups excluding carboxylic acids is 2. The molecule has 1 aliphatic rings. The molecule has 0 radical (unpaired) electrons. The Morgan fingerprint density at radius 2 is 1.24 bits per heavy atom. The second-order valence-electron chi connectivity index (χ2n) is 10.7. The summed E-state index contributed by atoms with van der Waals surface area (Å²) >= 11 is 0. The molecule has 226 valence electrons. The summed E-state index contributed by atoms with van der Waals surface area (Å²) in [4.78, 5) is 22.7. The van der Waals surface area contributed by atoms with Gasteiger partial charge in [0.05, 0.1) is 5.41 Å². The van der Waals surface area contributed by atoms with E-state index in [1.165, 1.54) is 27.8 Å². The van der Waals surface area contributed by atoms with Gasteiger partial charge in [-0.2, -0.15) is 0 Å². The van der Waals surface area contributed by atoms with E-state index in [2.05, 4.69) is 97.7 Å². The molecule has 0 N–H and O–H groups in total. The van der Waals surface area contributed by atoms with Crippen LogP contribution < -0.4 is 9.47 Å². The number of carbonyl (C=O) groups is 2. The van der Waals surface area contributed by atoms with E-state index >= 15 is 0 Å². The van der Waals surface area contributed by atoms with Crippen LogP contribution in [0.3, 0.4) is 0 Å². The number of hydrogen-bond donors (Lipinski definition) is 0. The number of benzene rings is 4. The SMILES string of the molecule is C=CC(=O)OCCOc1ccc(C2(c3ccc(OCCOC(=O)C=C)cc3)c3ccccc3-c3cc4c(ccn4C)cc32)cc1. The summed E-state index contributed by atoms with van der Waals surface area (Å²) in [6.45, 7) is 7.56. The largest absolute Gasteiger partial charge is 0.490 e. The van der Waals surface area contributed by atoms with Crippen LogP contribution in [0, 0.1) is 0 Å². The molecule has 45 heavy (non-hydrogen) atoms. The summed E-state index contributed by atoms with van der Waals surface area (Å²) in [5.74, 6) is 0.396. The van der Waals surface area contributed by atoms with E-state index in [-0.39, 0.29) is 26.4 Å². The van der Waals surface area contributed by atoms with Crippen LogP contribution in [-0.2, 0) is 31.5 Å². The molecule has 7 heteroatoms. The Hall–Kier alpha value is -5.56. The molecule has 1 aromatic heterocycles. The van der Waals surface area contributed by atoms with Crippen LogP contribution >= 0.6 is 0 Å². The molecule has 7 nitrogen and oxygen atoms in total. The molecule has 4 aromatic carbocycles. The van der Waals surface area contributed by atoms with Crippen molar-refractivity contribution in [1.29, 1.82) is 0 Å². The molecule has 0 fully saturated rings. The van der Waals surface area contributed by atoms with Crippen molar-refractivity contribution in [1.82, 2.24) is 4.57 Å². The van der Waals surface area contributed by atoms with Crippen LogP contribution in [0.25, 0.3) is 22.0 Å². The zero-order chi connectivity index (χ0) is 31.4. The normalized spacial score (nSPS) is 12.6. The van der Waals surface area contributed by atoms with Crippen LogP contribution in [0.1, 0.15) is 22.3 Å². The standard InChI is InChI=1S/C38H33NO6/c1-4-36(40)44-22-20-42-29-14-10-27(11-15-29)38(28-12-16-30(17-13-28)43-21-23-45-37(41)5-2)33-9-7-6-8-31(33)32-25-35-26(24-34(32)38)18-19-39(35)3/h4-19,24-25H,1-2,20-23H2,3H3. The Bertz CT molecular complexity index is 1810. The van der Waals surface area contributed by atoms with Gasteiger partial charge in [-0.15, -0.1) is 0 Å². The first-order chi connectivity index (χ1) is 21.9. The molecule has 0 atom stereocenters. The number of aromatic nitrogens is 1. The Kier molecular flexibility index (Phi) is 8.25. The Morgan fingerprint density at radius 3 is 1.80 bits per heavy atom. The fraction of sp³-hybridized carbons (Fsp3) is 0.158. The van der Waals surface area contributed by atoms with Crippen molar-refractivity contribution in [2.75, 3.05) is 26.4 Å². The van der Waals surface area contributed by atoms with Crippen molar-refractivity contribution in [3.05, 3.63) is 145 Å². The first-order valence-electron chi connectivity index (χ1n) is 14.7. The van der Waals surface area contributed by atoms with Gasteiger partial charge in [-0.25, -0.2) is 9.59 Å². The number of hydrogen-bond acceptors (Lipinski definition) is 6. The molecule has 0 saturated heterocycles. The fourth-order valence-corrected chi connectivity index (χ4v) is 6.15. The molecular weight excluding hydrogens is 566 g/mol. The zero-order valence-corrected chi connectivity index (χ0v) is 25.0. The Balaban J connectivity index is 1.41.